The molecule has 1 heterocycles. The topological polar surface area (TPSA) is 45.1 Å². The summed E-state index contributed by atoms with van der Waals surface area (Å²) in [5.41, 5.74) is 4.08. The van der Waals surface area contributed by atoms with E-state index in [9.17, 15) is 9.50 Å². The summed E-state index contributed by atoms with van der Waals surface area (Å²) in [7, 11) is 0. The van der Waals surface area contributed by atoms with E-state index in [2.05, 4.69) is 5.32 Å². The van der Waals surface area contributed by atoms with Gasteiger partial charge in [0, 0.05) is 11.6 Å². The summed E-state index contributed by atoms with van der Waals surface area (Å²) in [6, 6.07) is 16.3. The smallest absolute Gasteiger partial charge is 0.127 e. The van der Waals surface area contributed by atoms with E-state index in [-0.39, 0.29) is 11.6 Å². The number of phenols is 1. The van der Waals surface area contributed by atoms with Gasteiger partial charge in [0.15, 0.2) is 0 Å². The molecule has 0 unspecified atom stereocenters. The van der Waals surface area contributed by atoms with Crippen molar-refractivity contribution in [2.24, 2.45) is 0 Å². The molecule has 3 aromatic rings. The van der Waals surface area contributed by atoms with Gasteiger partial charge in [0.05, 0.1) is 5.69 Å². The van der Waals surface area contributed by atoms with Gasteiger partial charge in [-0.2, -0.15) is 0 Å². The van der Waals surface area contributed by atoms with E-state index in [0.717, 1.165) is 35.3 Å². The van der Waals surface area contributed by atoms with Crippen molar-refractivity contribution in [3.63, 3.8) is 0 Å². The fourth-order valence-electron chi connectivity index (χ4n) is 3.71. The minimum Gasteiger partial charge on any atom is -0.507 e. The summed E-state index contributed by atoms with van der Waals surface area (Å²) < 4.78 is 13.8. The first-order chi connectivity index (χ1) is 13.1. The second kappa shape index (κ2) is 7.39. The highest BCUT2D eigenvalue weighted by atomic mass is 19.1. The number of phenolic OH excluding ortho intramolecular Hbond substituents is 1. The molecule has 0 aliphatic heterocycles. The molecule has 1 aromatic heterocycles. The maximum Gasteiger partial charge on any atom is 0.127 e. The maximum absolute atomic E-state index is 13.8. The lowest BCUT2D eigenvalue weighted by atomic mass is 10.0. The van der Waals surface area contributed by atoms with Crippen LogP contribution in [0.2, 0.25) is 0 Å². The number of hydrogen-bond donors (Lipinski definition) is 2. The van der Waals surface area contributed by atoms with Crippen LogP contribution in [0.3, 0.4) is 0 Å². The summed E-state index contributed by atoms with van der Waals surface area (Å²) in [6.45, 7) is 1.98. The van der Waals surface area contributed by atoms with Crippen LogP contribution in [-0.4, -0.2) is 16.1 Å². The van der Waals surface area contributed by atoms with E-state index < -0.39 is 0 Å². The Labute approximate surface area is 158 Å². The number of benzene rings is 2. The quantitative estimate of drug-likeness (QED) is 0.605. The molecule has 4 rings (SSSR count). The lowest BCUT2D eigenvalue weighted by Crippen LogP contribution is -2.15. The number of anilines is 1. The highest BCUT2D eigenvalue weighted by molar-refractivity contribution is 5.76. The Morgan fingerprint density at radius 3 is 2.59 bits per heavy atom. The van der Waals surface area contributed by atoms with Crippen LogP contribution < -0.4 is 5.32 Å². The fraction of sp³-hybridized carbons (Fsp3) is 0.261. The van der Waals surface area contributed by atoms with E-state index in [1.165, 1.54) is 25.0 Å². The lowest BCUT2D eigenvalue weighted by Gasteiger charge is -2.16. The molecule has 3 nitrogen and oxygen atoms in total. The Hall–Kier alpha value is -2.88. The van der Waals surface area contributed by atoms with E-state index in [1.54, 1.807) is 12.1 Å². The molecule has 1 aliphatic carbocycles. The van der Waals surface area contributed by atoms with Gasteiger partial charge in [0.25, 0.3) is 0 Å². The third-order valence-corrected chi connectivity index (χ3v) is 5.12. The molecule has 2 N–H and O–H groups in total. The molecular weight excluding hydrogens is 339 g/mol. The minimum atomic E-state index is -0.269. The van der Waals surface area contributed by atoms with E-state index >= 15 is 0 Å². The lowest BCUT2D eigenvalue weighted by molar-refractivity contribution is 0.477. The normalized spacial score (nSPS) is 14.4. The number of aryl methyl sites for hydroxylation is 1. The van der Waals surface area contributed by atoms with Crippen LogP contribution in [-0.2, 0) is 0 Å². The van der Waals surface area contributed by atoms with E-state index in [1.807, 2.05) is 37.3 Å². The molecular formula is C23H23FN2O. The molecule has 4 heteroatoms. The summed E-state index contributed by atoms with van der Waals surface area (Å²) in [5.74, 6) is 0.686. The van der Waals surface area contributed by atoms with E-state index in [0.29, 0.717) is 17.3 Å². The van der Waals surface area contributed by atoms with Crippen molar-refractivity contribution in [1.82, 2.24) is 4.98 Å². The van der Waals surface area contributed by atoms with Gasteiger partial charge in [-0.15, -0.1) is 0 Å². The number of halogens is 1. The Morgan fingerprint density at radius 1 is 1.00 bits per heavy atom. The van der Waals surface area contributed by atoms with Gasteiger partial charge >= 0.3 is 0 Å². The second-order valence-corrected chi connectivity index (χ2v) is 7.28. The van der Waals surface area contributed by atoms with Crippen molar-refractivity contribution < 1.29 is 9.50 Å². The predicted octanol–water partition coefficient (Wildman–Crippen LogP) is 5.92. The van der Waals surface area contributed by atoms with Gasteiger partial charge in [0.1, 0.15) is 17.4 Å². The number of pyridine rings is 1. The monoisotopic (exact) mass is 362 g/mol. The molecule has 0 spiro atoms. The molecule has 0 atom stereocenters. The van der Waals surface area contributed by atoms with Crippen LogP contribution in [0.1, 0.15) is 31.2 Å². The minimum absolute atomic E-state index is 0.191. The van der Waals surface area contributed by atoms with Crippen molar-refractivity contribution in [2.75, 3.05) is 5.32 Å². The standard InChI is InChI=1S/C23H23FN2O/c1-15-9-10-22(27)20(11-15)21-13-17(16-5-4-6-18(24)12-16)14-23(26-21)25-19-7-2-3-8-19/h4-6,9-14,19,27H,2-3,7-8H2,1H3,(H,25,26). The van der Waals surface area contributed by atoms with Gasteiger partial charge in [-0.1, -0.05) is 36.6 Å². The first-order valence-corrected chi connectivity index (χ1v) is 9.43. The molecule has 27 heavy (non-hydrogen) atoms. The molecule has 0 amide bonds. The van der Waals surface area contributed by atoms with Gasteiger partial charge < -0.3 is 10.4 Å². The third-order valence-electron chi connectivity index (χ3n) is 5.12. The highest BCUT2D eigenvalue weighted by Gasteiger charge is 2.17. The third kappa shape index (κ3) is 3.95. The summed E-state index contributed by atoms with van der Waals surface area (Å²) >= 11 is 0. The largest absolute Gasteiger partial charge is 0.507 e. The highest BCUT2D eigenvalue weighted by Crippen LogP contribution is 2.34. The summed E-state index contributed by atoms with van der Waals surface area (Å²) in [5, 5.41) is 13.9. The van der Waals surface area contributed by atoms with Crippen molar-refractivity contribution in [1.29, 1.82) is 0 Å². The summed E-state index contributed by atoms with van der Waals surface area (Å²) in [6.07, 6.45) is 4.73. The van der Waals surface area contributed by atoms with Crippen molar-refractivity contribution in [3.05, 3.63) is 66.0 Å². The molecule has 138 valence electrons. The number of rotatable bonds is 4. The van der Waals surface area contributed by atoms with E-state index in [4.69, 9.17) is 4.98 Å². The van der Waals surface area contributed by atoms with Crippen LogP contribution in [0, 0.1) is 12.7 Å². The van der Waals surface area contributed by atoms with Crippen molar-refractivity contribution in [3.8, 4) is 28.1 Å². The Bertz CT molecular complexity index is 964. The SMILES string of the molecule is Cc1ccc(O)c(-c2cc(-c3cccc(F)c3)cc(NC3CCCC3)n2)c1. The van der Waals surface area contributed by atoms with Crippen molar-refractivity contribution in [2.45, 2.75) is 38.6 Å². The second-order valence-electron chi connectivity index (χ2n) is 7.28. The summed E-state index contributed by atoms with van der Waals surface area (Å²) in [4.78, 5) is 4.75. The average molecular weight is 362 g/mol. The van der Waals surface area contributed by atoms with Gasteiger partial charge in [0.2, 0.25) is 0 Å². The first kappa shape index (κ1) is 17.5. The Morgan fingerprint density at radius 2 is 1.81 bits per heavy atom. The molecule has 2 aromatic carbocycles. The Kier molecular flexibility index (Phi) is 4.80. The predicted molar refractivity (Wildman–Crippen MR) is 107 cm³/mol. The van der Waals surface area contributed by atoms with Gasteiger partial charge in [-0.25, -0.2) is 9.37 Å². The van der Waals surface area contributed by atoms with Crippen LogP contribution >= 0.6 is 0 Å². The zero-order chi connectivity index (χ0) is 18.8. The van der Waals surface area contributed by atoms with Crippen LogP contribution in [0.25, 0.3) is 22.4 Å². The van der Waals surface area contributed by atoms with Crippen LogP contribution in [0.15, 0.2) is 54.6 Å². The number of aromatic hydroxyl groups is 1. The first-order valence-electron chi connectivity index (χ1n) is 9.43. The zero-order valence-electron chi connectivity index (χ0n) is 15.4. The maximum atomic E-state index is 13.8. The number of aromatic nitrogens is 1. The number of nitrogens with one attached hydrogen (secondary N) is 1. The molecule has 1 saturated carbocycles. The Balaban J connectivity index is 1.82. The molecule has 0 saturated heterocycles. The van der Waals surface area contributed by atoms with Gasteiger partial charge in [-0.05, 0) is 67.3 Å². The van der Waals surface area contributed by atoms with Gasteiger partial charge in [-0.3, -0.25) is 0 Å². The zero-order valence-corrected chi connectivity index (χ0v) is 15.4. The number of hydrogen-bond acceptors (Lipinski definition) is 3. The molecule has 0 bridgehead atoms. The number of nitrogens with zero attached hydrogens (tertiary/aromatic N) is 1. The molecule has 0 radical (unpaired) electrons. The van der Waals surface area contributed by atoms with Crippen molar-refractivity contribution >= 4 is 5.82 Å². The average Bonchev–Trinajstić information content (AvgIpc) is 3.16. The molecule has 1 aliphatic rings. The fourth-order valence-corrected chi connectivity index (χ4v) is 3.71. The van der Waals surface area contributed by atoms with Crippen LogP contribution in [0.4, 0.5) is 10.2 Å². The molecule has 1 fully saturated rings. The van der Waals surface area contributed by atoms with Crippen LogP contribution in [0.5, 0.6) is 5.75 Å².